The van der Waals surface area contributed by atoms with E-state index >= 15 is 0 Å². The number of piperidine rings is 1. The third kappa shape index (κ3) is 4.02. The molecule has 1 N–H and O–H groups in total. The number of carbonyl (C=O) groups is 3. The van der Waals surface area contributed by atoms with E-state index in [0.29, 0.717) is 13.1 Å². The fourth-order valence-electron chi connectivity index (χ4n) is 2.27. The molecular weight excluding hydrogens is 270 g/mol. The molecule has 21 heavy (non-hydrogen) atoms. The Morgan fingerprint density at radius 1 is 1.14 bits per heavy atom. The average Bonchev–Trinajstić information content (AvgIpc) is 2.53. The van der Waals surface area contributed by atoms with E-state index in [4.69, 9.17) is 5.11 Å². The molecule has 0 aromatic heterocycles. The molecular formula is C16H17NO4. The van der Waals surface area contributed by atoms with E-state index in [0.717, 1.165) is 24.7 Å². The maximum atomic E-state index is 12.0. The Morgan fingerprint density at radius 3 is 2.29 bits per heavy atom. The lowest BCUT2D eigenvalue weighted by molar-refractivity contribution is -0.128. The van der Waals surface area contributed by atoms with Gasteiger partial charge in [-0.1, -0.05) is 12.1 Å². The third-order valence-electron chi connectivity index (χ3n) is 3.62. The molecule has 0 atom stereocenters. The zero-order valence-electron chi connectivity index (χ0n) is 11.6. The fraction of sp³-hybridized carbons (Fsp3) is 0.312. The van der Waals surface area contributed by atoms with Gasteiger partial charge in [-0.15, -0.1) is 0 Å². The number of carbonyl (C=O) groups excluding carboxylic acids is 2. The number of nitrogens with zero attached hydrogens (tertiary/aromatic N) is 1. The van der Waals surface area contributed by atoms with Crippen molar-refractivity contribution in [3.8, 4) is 0 Å². The molecule has 1 aliphatic rings. The van der Waals surface area contributed by atoms with Gasteiger partial charge in [-0.05, 0) is 36.6 Å². The summed E-state index contributed by atoms with van der Waals surface area (Å²) in [5.74, 6) is -0.983. The number of hydrogen-bond donors (Lipinski definition) is 1. The fourth-order valence-corrected chi connectivity index (χ4v) is 2.27. The number of likely N-dealkylation sites (tertiary alicyclic amines) is 1. The van der Waals surface area contributed by atoms with Crippen molar-refractivity contribution in [2.45, 2.75) is 12.8 Å². The smallest absolute Gasteiger partial charge is 0.335 e. The largest absolute Gasteiger partial charge is 0.478 e. The molecule has 0 unspecified atom stereocenters. The molecule has 0 spiro atoms. The molecule has 1 amide bonds. The molecule has 0 aliphatic carbocycles. The summed E-state index contributed by atoms with van der Waals surface area (Å²) in [6, 6.07) is 6.32. The first-order valence-electron chi connectivity index (χ1n) is 6.86. The Balaban J connectivity index is 1.93. The van der Waals surface area contributed by atoms with E-state index in [1.165, 1.54) is 18.2 Å². The lowest BCUT2D eigenvalue weighted by Crippen LogP contribution is -2.37. The van der Waals surface area contributed by atoms with Gasteiger partial charge >= 0.3 is 5.97 Å². The summed E-state index contributed by atoms with van der Waals surface area (Å²) in [7, 11) is 0. The molecule has 1 aromatic rings. The standard InChI is InChI=1S/C16H17NO4/c18-11-13-7-9-17(10-8-13)15(19)6-3-12-1-4-14(5-2-12)16(20)21/h1-6,11,13H,7-10H2,(H,20,21)/b6-3+. The molecule has 1 aromatic carbocycles. The second-order valence-electron chi connectivity index (χ2n) is 5.06. The zero-order valence-corrected chi connectivity index (χ0v) is 11.6. The van der Waals surface area contributed by atoms with Crippen LogP contribution in [0.15, 0.2) is 30.3 Å². The summed E-state index contributed by atoms with van der Waals surface area (Å²) >= 11 is 0. The lowest BCUT2D eigenvalue weighted by atomic mass is 9.98. The lowest BCUT2D eigenvalue weighted by Gasteiger charge is -2.28. The molecule has 0 bridgehead atoms. The summed E-state index contributed by atoms with van der Waals surface area (Å²) in [5, 5.41) is 8.80. The van der Waals surface area contributed by atoms with Gasteiger partial charge in [-0.3, -0.25) is 4.79 Å². The Labute approximate surface area is 122 Å². The van der Waals surface area contributed by atoms with E-state index in [1.54, 1.807) is 23.1 Å². The number of carboxylic acid groups (broad SMARTS) is 1. The minimum Gasteiger partial charge on any atom is -0.478 e. The predicted molar refractivity (Wildman–Crippen MR) is 77.8 cm³/mol. The number of benzene rings is 1. The second-order valence-corrected chi connectivity index (χ2v) is 5.06. The van der Waals surface area contributed by atoms with E-state index < -0.39 is 5.97 Å². The van der Waals surface area contributed by atoms with Gasteiger partial charge in [0.05, 0.1) is 5.56 Å². The highest BCUT2D eigenvalue weighted by atomic mass is 16.4. The summed E-state index contributed by atoms with van der Waals surface area (Å²) < 4.78 is 0. The van der Waals surface area contributed by atoms with Crippen LogP contribution in [0.25, 0.3) is 6.08 Å². The van der Waals surface area contributed by atoms with Gasteiger partial charge in [0.2, 0.25) is 5.91 Å². The second kappa shape index (κ2) is 6.83. The predicted octanol–water partition coefficient (Wildman–Crippen LogP) is 1.84. The maximum Gasteiger partial charge on any atom is 0.335 e. The summed E-state index contributed by atoms with van der Waals surface area (Å²) in [6.45, 7) is 1.20. The van der Waals surface area contributed by atoms with Crippen LogP contribution in [0, 0.1) is 5.92 Å². The molecule has 1 aliphatic heterocycles. The van der Waals surface area contributed by atoms with Crippen molar-refractivity contribution in [2.24, 2.45) is 5.92 Å². The van der Waals surface area contributed by atoms with Crippen molar-refractivity contribution in [1.82, 2.24) is 4.90 Å². The van der Waals surface area contributed by atoms with Crippen LogP contribution in [-0.2, 0) is 9.59 Å². The van der Waals surface area contributed by atoms with E-state index in [-0.39, 0.29) is 17.4 Å². The Bertz CT molecular complexity index is 554. The topological polar surface area (TPSA) is 74.7 Å². The van der Waals surface area contributed by atoms with Gasteiger partial charge in [0.25, 0.3) is 0 Å². The number of carboxylic acids is 1. The van der Waals surface area contributed by atoms with Crippen LogP contribution in [0.1, 0.15) is 28.8 Å². The van der Waals surface area contributed by atoms with Crippen LogP contribution in [0.2, 0.25) is 0 Å². The van der Waals surface area contributed by atoms with Crippen LogP contribution < -0.4 is 0 Å². The minimum atomic E-state index is -0.973. The number of rotatable bonds is 4. The summed E-state index contributed by atoms with van der Waals surface area (Å²) in [5.41, 5.74) is 0.991. The van der Waals surface area contributed by atoms with Crippen molar-refractivity contribution in [1.29, 1.82) is 0 Å². The van der Waals surface area contributed by atoms with Gasteiger partial charge in [-0.25, -0.2) is 4.79 Å². The van der Waals surface area contributed by atoms with Crippen molar-refractivity contribution in [3.05, 3.63) is 41.5 Å². The SMILES string of the molecule is O=CC1CCN(C(=O)/C=C/c2ccc(C(=O)O)cc2)CC1. The van der Waals surface area contributed by atoms with Gasteiger partial charge in [0, 0.05) is 25.1 Å². The summed E-state index contributed by atoms with van der Waals surface area (Å²) in [6.07, 6.45) is 5.55. The molecule has 0 saturated carbocycles. The molecule has 1 fully saturated rings. The quantitative estimate of drug-likeness (QED) is 0.677. The first-order chi connectivity index (χ1) is 10.1. The highest BCUT2D eigenvalue weighted by Crippen LogP contribution is 2.15. The first kappa shape index (κ1) is 15.0. The Morgan fingerprint density at radius 2 is 1.76 bits per heavy atom. The number of hydrogen-bond acceptors (Lipinski definition) is 3. The van der Waals surface area contributed by atoms with E-state index in [2.05, 4.69) is 0 Å². The Kier molecular flexibility index (Phi) is 4.87. The molecule has 5 heteroatoms. The van der Waals surface area contributed by atoms with Crippen molar-refractivity contribution >= 4 is 24.2 Å². The Hall–Kier alpha value is -2.43. The molecule has 110 valence electrons. The average molecular weight is 287 g/mol. The normalized spacial score (nSPS) is 16.1. The van der Waals surface area contributed by atoms with Gasteiger partial charge in [-0.2, -0.15) is 0 Å². The molecule has 0 radical (unpaired) electrons. The third-order valence-corrected chi connectivity index (χ3v) is 3.62. The first-order valence-corrected chi connectivity index (χ1v) is 6.86. The highest BCUT2D eigenvalue weighted by Gasteiger charge is 2.20. The number of aromatic carboxylic acids is 1. The zero-order chi connectivity index (χ0) is 15.2. The maximum absolute atomic E-state index is 12.0. The summed E-state index contributed by atoms with van der Waals surface area (Å²) in [4.78, 5) is 35.1. The van der Waals surface area contributed by atoms with Gasteiger partial charge in [0.15, 0.2) is 0 Å². The van der Waals surface area contributed by atoms with Crippen LogP contribution in [-0.4, -0.2) is 41.3 Å². The number of amides is 1. The van der Waals surface area contributed by atoms with Gasteiger partial charge < -0.3 is 14.8 Å². The van der Waals surface area contributed by atoms with Crippen molar-refractivity contribution < 1.29 is 19.5 Å². The van der Waals surface area contributed by atoms with Gasteiger partial charge in [0.1, 0.15) is 6.29 Å². The van der Waals surface area contributed by atoms with Crippen LogP contribution in [0.4, 0.5) is 0 Å². The van der Waals surface area contributed by atoms with Crippen molar-refractivity contribution in [3.63, 3.8) is 0 Å². The minimum absolute atomic E-state index is 0.0709. The van der Waals surface area contributed by atoms with Crippen LogP contribution in [0.5, 0.6) is 0 Å². The van der Waals surface area contributed by atoms with Crippen LogP contribution in [0.3, 0.4) is 0 Å². The van der Waals surface area contributed by atoms with E-state index in [1.807, 2.05) is 0 Å². The monoisotopic (exact) mass is 287 g/mol. The molecule has 2 rings (SSSR count). The van der Waals surface area contributed by atoms with Crippen molar-refractivity contribution in [2.75, 3.05) is 13.1 Å². The molecule has 5 nitrogen and oxygen atoms in total. The molecule has 1 saturated heterocycles. The highest BCUT2D eigenvalue weighted by molar-refractivity contribution is 5.92. The van der Waals surface area contributed by atoms with E-state index in [9.17, 15) is 14.4 Å². The molecule has 1 heterocycles. The number of aldehydes is 1. The van der Waals surface area contributed by atoms with Crippen LogP contribution >= 0.6 is 0 Å².